The summed E-state index contributed by atoms with van der Waals surface area (Å²) in [6.45, 7) is 2.37. The Morgan fingerprint density at radius 2 is 2.05 bits per heavy atom. The van der Waals surface area contributed by atoms with E-state index in [4.69, 9.17) is 15.2 Å². The first-order chi connectivity index (χ1) is 9.83. The van der Waals surface area contributed by atoms with E-state index in [1.165, 1.54) is 24.0 Å². The molecule has 1 aromatic carbocycles. The topological polar surface area (TPSA) is 44.5 Å². The number of methoxy groups -OCH3 is 1. The Hall–Kier alpha value is -0.900. The van der Waals surface area contributed by atoms with Crippen molar-refractivity contribution in [3.63, 3.8) is 0 Å². The minimum atomic E-state index is 0.163. The lowest BCUT2D eigenvalue weighted by atomic mass is 9.89. The van der Waals surface area contributed by atoms with Gasteiger partial charge in [-0.2, -0.15) is 0 Å². The molecule has 2 rings (SSSR count). The number of fused-ring (bicyclic) bond motifs is 1. The number of hydrogen-bond acceptors (Lipinski definition) is 3. The number of nitrogens with two attached hydrogens (primary N) is 1. The molecule has 1 aromatic rings. The molecule has 0 bridgehead atoms. The third-order valence-corrected chi connectivity index (χ3v) is 4.21. The molecule has 0 amide bonds. The van der Waals surface area contributed by atoms with Crippen molar-refractivity contribution in [1.29, 1.82) is 0 Å². The molecule has 0 fully saturated rings. The summed E-state index contributed by atoms with van der Waals surface area (Å²) < 4.78 is 10.7. The van der Waals surface area contributed by atoms with Gasteiger partial charge in [0.05, 0.1) is 0 Å². The lowest BCUT2D eigenvalue weighted by Crippen LogP contribution is -2.22. The van der Waals surface area contributed by atoms with E-state index in [1.807, 2.05) is 0 Å². The van der Waals surface area contributed by atoms with Crippen molar-refractivity contribution in [2.24, 2.45) is 11.7 Å². The van der Waals surface area contributed by atoms with Crippen molar-refractivity contribution < 1.29 is 9.47 Å². The Morgan fingerprint density at radius 3 is 2.90 bits per heavy atom. The predicted molar refractivity (Wildman–Crippen MR) is 81.7 cm³/mol. The van der Waals surface area contributed by atoms with Gasteiger partial charge in [-0.15, -0.1) is 0 Å². The largest absolute Gasteiger partial charge is 0.385 e. The lowest BCUT2D eigenvalue weighted by molar-refractivity contribution is 0.0904. The number of rotatable bonds is 7. The highest BCUT2D eigenvalue weighted by atomic mass is 16.5. The molecule has 2 atom stereocenters. The van der Waals surface area contributed by atoms with Crippen LogP contribution in [0.3, 0.4) is 0 Å². The van der Waals surface area contributed by atoms with E-state index in [1.54, 1.807) is 7.11 Å². The van der Waals surface area contributed by atoms with E-state index in [0.29, 0.717) is 5.92 Å². The summed E-state index contributed by atoms with van der Waals surface area (Å²) in [5, 5.41) is 0. The van der Waals surface area contributed by atoms with Crippen molar-refractivity contribution in [3.8, 4) is 0 Å². The second-order valence-corrected chi connectivity index (χ2v) is 5.62. The highest BCUT2D eigenvalue weighted by Crippen LogP contribution is 2.33. The molecule has 2 unspecified atom stereocenters. The highest BCUT2D eigenvalue weighted by Gasteiger charge is 2.24. The van der Waals surface area contributed by atoms with Gasteiger partial charge in [-0.25, -0.2) is 0 Å². The third-order valence-electron chi connectivity index (χ3n) is 4.21. The maximum absolute atomic E-state index is 6.48. The molecule has 0 spiro atoms. The Kier molecular flexibility index (Phi) is 6.51. The Labute approximate surface area is 122 Å². The molecule has 112 valence electrons. The van der Waals surface area contributed by atoms with Crippen LogP contribution in [0, 0.1) is 5.92 Å². The molecule has 0 aromatic heterocycles. The SMILES string of the molecule is COCCCOCCC1CCCc2ccccc2C1N. The normalized spacial score (nSPS) is 22.3. The fourth-order valence-electron chi connectivity index (χ4n) is 3.04. The molecule has 0 heterocycles. The van der Waals surface area contributed by atoms with E-state index in [9.17, 15) is 0 Å². The van der Waals surface area contributed by atoms with Gasteiger partial charge in [0.1, 0.15) is 0 Å². The maximum atomic E-state index is 6.48. The molecule has 2 N–H and O–H groups in total. The molecular formula is C17H27NO2. The van der Waals surface area contributed by atoms with E-state index < -0.39 is 0 Å². The van der Waals surface area contributed by atoms with Gasteiger partial charge in [-0.1, -0.05) is 24.3 Å². The van der Waals surface area contributed by atoms with E-state index in [0.717, 1.165) is 39.1 Å². The summed E-state index contributed by atoms with van der Waals surface area (Å²) in [6, 6.07) is 8.79. The maximum Gasteiger partial charge on any atom is 0.0487 e. The third kappa shape index (κ3) is 4.30. The van der Waals surface area contributed by atoms with Crippen LogP contribution in [0.25, 0.3) is 0 Å². The molecule has 1 aliphatic carbocycles. The number of aryl methyl sites for hydroxylation is 1. The fraction of sp³-hybridized carbons (Fsp3) is 0.647. The van der Waals surface area contributed by atoms with Crippen molar-refractivity contribution in [2.45, 2.75) is 38.1 Å². The zero-order valence-electron chi connectivity index (χ0n) is 12.5. The first-order valence-electron chi connectivity index (χ1n) is 7.73. The van der Waals surface area contributed by atoms with Gasteiger partial charge in [0.25, 0.3) is 0 Å². The minimum absolute atomic E-state index is 0.163. The van der Waals surface area contributed by atoms with Crippen LogP contribution in [0.2, 0.25) is 0 Å². The smallest absolute Gasteiger partial charge is 0.0487 e. The summed E-state index contributed by atoms with van der Waals surface area (Å²) in [5.74, 6) is 0.543. The van der Waals surface area contributed by atoms with Crippen LogP contribution in [0.15, 0.2) is 24.3 Å². The quantitative estimate of drug-likeness (QED) is 0.615. The van der Waals surface area contributed by atoms with Crippen LogP contribution >= 0.6 is 0 Å². The fourth-order valence-corrected chi connectivity index (χ4v) is 3.04. The highest BCUT2D eigenvalue weighted by molar-refractivity contribution is 5.31. The van der Waals surface area contributed by atoms with Gasteiger partial charge in [0.2, 0.25) is 0 Å². The zero-order valence-corrected chi connectivity index (χ0v) is 12.5. The van der Waals surface area contributed by atoms with Gasteiger partial charge >= 0.3 is 0 Å². The van der Waals surface area contributed by atoms with Gasteiger partial charge in [-0.05, 0) is 49.1 Å². The standard InChI is InChI=1S/C17H27NO2/c1-19-11-5-12-20-13-10-15-8-4-7-14-6-2-3-9-16(14)17(15)18/h2-3,6,9,15,17H,4-5,7-8,10-13,18H2,1H3. The number of hydrogen-bond donors (Lipinski definition) is 1. The Bertz CT molecular complexity index is 394. The second-order valence-electron chi connectivity index (χ2n) is 5.62. The van der Waals surface area contributed by atoms with Gasteiger partial charge < -0.3 is 15.2 Å². The molecular weight excluding hydrogens is 250 g/mol. The van der Waals surface area contributed by atoms with Gasteiger partial charge in [0.15, 0.2) is 0 Å². The first kappa shape index (κ1) is 15.5. The molecule has 0 saturated heterocycles. The van der Waals surface area contributed by atoms with Crippen LogP contribution in [-0.2, 0) is 15.9 Å². The van der Waals surface area contributed by atoms with Crippen LogP contribution in [0.5, 0.6) is 0 Å². The molecule has 20 heavy (non-hydrogen) atoms. The van der Waals surface area contributed by atoms with E-state index in [2.05, 4.69) is 24.3 Å². The van der Waals surface area contributed by atoms with Crippen molar-refractivity contribution in [2.75, 3.05) is 26.9 Å². The number of ether oxygens (including phenoxy) is 2. The van der Waals surface area contributed by atoms with Crippen LogP contribution in [0.4, 0.5) is 0 Å². The molecule has 3 heteroatoms. The van der Waals surface area contributed by atoms with Crippen molar-refractivity contribution in [1.82, 2.24) is 0 Å². The van der Waals surface area contributed by atoms with Crippen LogP contribution in [-0.4, -0.2) is 26.9 Å². The molecule has 0 radical (unpaired) electrons. The summed E-state index contributed by atoms with van der Waals surface area (Å²) in [6.07, 6.45) is 5.63. The van der Waals surface area contributed by atoms with Crippen molar-refractivity contribution in [3.05, 3.63) is 35.4 Å². The summed E-state index contributed by atoms with van der Waals surface area (Å²) >= 11 is 0. The average molecular weight is 277 g/mol. The van der Waals surface area contributed by atoms with Crippen molar-refractivity contribution >= 4 is 0 Å². The number of benzene rings is 1. The summed E-state index contributed by atoms with van der Waals surface area (Å²) in [5.41, 5.74) is 9.25. The first-order valence-corrected chi connectivity index (χ1v) is 7.73. The van der Waals surface area contributed by atoms with Crippen LogP contribution < -0.4 is 5.73 Å². The Balaban J connectivity index is 1.80. The lowest BCUT2D eigenvalue weighted by Gasteiger charge is -2.23. The molecule has 0 saturated carbocycles. The molecule has 0 aliphatic heterocycles. The van der Waals surface area contributed by atoms with Gasteiger partial charge in [-0.3, -0.25) is 0 Å². The monoisotopic (exact) mass is 277 g/mol. The molecule has 1 aliphatic rings. The Morgan fingerprint density at radius 1 is 1.20 bits per heavy atom. The second kappa shape index (κ2) is 8.40. The predicted octanol–water partition coefficient (Wildman–Crippen LogP) is 3.08. The zero-order chi connectivity index (χ0) is 14.2. The average Bonchev–Trinajstić information content (AvgIpc) is 2.63. The van der Waals surface area contributed by atoms with Gasteiger partial charge in [0, 0.05) is 33.0 Å². The summed E-state index contributed by atoms with van der Waals surface area (Å²) in [7, 11) is 1.72. The van der Waals surface area contributed by atoms with E-state index >= 15 is 0 Å². The van der Waals surface area contributed by atoms with E-state index in [-0.39, 0.29) is 6.04 Å². The summed E-state index contributed by atoms with van der Waals surface area (Å²) in [4.78, 5) is 0. The molecule has 3 nitrogen and oxygen atoms in total. The van der Waals surface area contributed by atoms with Crippen LogP contribution in [0.1, 0.15) is 42.9 Å². The minimum Gasteiger partial charge on any atom is -0.385 e.